The van der Waals surface area contributed by atoms with E-state index in [1.165, 1.54) is 27.7 Å². The fraction of sp³-hybridized carbons (Fsp3) is 0.761. The molecule has 16 heteroatoms. The fourth-order valence-corrected chi connectivity index (χ4v) is 12.3. The maximum Gasteiger partial charge on any atom is 0.337 e. The van der Waals surface area contributed by atoms with Crippen molar-refractivity contribution in [2.75, 3.05) is 13.2 Å². The summed E-state index contributed by atoms with van der Waals surface area (Å²) in [6.07, 6.45) is 0.273. The summed E-state index contributed by atoms with van der Waals surface area (Å²) >= 11 is 0. The Labute approximate surface area is 363 Å². The van der Waals surface area contributed by atoms with Gasteiger partial charge in [0.25, 0.3) is 0 Å². The lowest BCUT2D eigenvalue weighted by Gasteiger charge is -2.60. The summed E-state index contributed by atoms with van der Waals surface area (Å²) in [5.74, 6) is -2.79. The molecule has 1 saturated heterocycles. The van der Waals surface area contributed by atoms with E-state index in [1.807, 2.05) is 6.92 Å². The maximum absolute atomic E-state index is 13.1. The van der Waals surface area contributed by atoms with Crippen LogP contribution in [0.4, 0.5) is 0 Å². The molecule has 0 aromatic heterocycles. The molecule has 6 rings (SSSR count). The molecule has 0 N–H and O–H groups in total. The number of carbonyl (C=O) groups is 7. The Hall–Kier alpha value is -4.31. The summed E-state index contributed by atoms with van der Waals surface area (Å²) in [7, 11) is 0. The summed E-state index contributed by atoms with van der Waals surface area (Å²) in [4.78, 5) is 86.5. The number of esters is 7. The van der Waals surface area contributed by atoms with E-state index in [0.29, 0.717) is 36.2 Å². The molecule has 0 aromatic rings. The monoisotopic (exact) mass is 872 g/mol. The van der Waals surface area contributed by atoms with Crippen molar-refractivity contribution < 1.29 is 76.2 Å². The number of hydrogen-bond donors (Lipinski definition) is 0. The molecule has 344 valence electrons. The molecule has 0 unspecified atom stereocenters. The Balaban J connectivity index is 1.24. The summed E-state index contributed by atoms with van der Waals surface area (Å²) in [6.45, 7) is 15.7. The molecule has 0 aromatic carbocycles. The Kier molecular flexibility index (Phi) is 14.3. The van der Waals surface area contributed by atoms with Crippen molar-refractivity contribution in [3.63, 3.8) is 0 Å². The van der Waals surface area contributed by atoms with Crippen molar-refractivity contribution in [3.05, 3.63) is 22.8 Å². The SMILES string of the molecule is CC(=O)OCC1=C(C)C[C@H]([C@@H](C)[C@H]2CC[C@H]3[C@@H]4CC=C5C[C@@H](O[C@@H]6O[C@H](COC(C)=O)[C@@H](OC(C)=O)[C@H](OC(C)=O)[C@H]6OC(C)=O)C[C@H](OC(C)=O)[C@]5(C)[C@H]4CC[C@]23C)OC1=O. The quantitative estimate of drug-likeness (QED) is 0.137. The minimum absolute atomic E-state index is 0.00326. The van der Waals surface area contributed by atoms with Gasteiger partial charge in [-0.15, -0.1) is 0 Å². The molecule has 0 radical (unpaired) electrons. The molecular formula is C46H64O16. The van der Waals surface area contributed by atoms with Crippen molar-refractivity contribution in [3.8, 4) is 0 Å². The van der Waals surface area contributed by atoms with Gasteiger partial charge in [0.2, 0.25) is 0 Å². The van der Waals surface area contributed by atoms with Crippen LogP contribution in [0.25, 0.3) is 0 Å². The lowest BCUT2D eigenvalue weighted by Crippen LogP contribution is -2.64. The molecule has 0 amide bonds. The Morgan fingerprint density at radius 3 is 2.02 bits per heavy atom. The number of rotatable bonds is 12. The maximum atomic E-state index is 13.1. The summed E-state index contributed by atoms with van der Waals surface area (Å²) in [5, 5.41) is 0. The first kappa shape index (κ1) is 47.2. The van der Waals surface area contributed by atoms with E-state index in [1.54, 1.807) is 0 Å². The first-order valence-corrected chi connectivity index (χ1v) is 22.0. The van der Waals surface area contributed by atoms with Gasteiger partial charge in [0.05, 0.1) is 11.7 Å². The van der Waals surface area contributed by atoms with Crippen LogP contribution in [-0.4, -0.2) is 104 Å². The van der Waals surface area contributed by atoms with Gasteiger partial charge in [0, 0.05) is 59.8 Å². The van der Waals surface area contributed by atoms with E-state index < -0.39 is 90.1 Å². The van der Waals surface area contributed by atoms with E-state index >= 15 is 0 Å². The van der Waals surface area contributed by atoms with Crippen LogP contribution in [-0.2, 0) is 76.2 Å². The predicted octanol–water partition coefficient (Wildman–Crippen LogP) is 5.41. The molecule has 3 saturated carbocycles. The van der Waals surface area contributed by atoms with Crippen LogP contribution in [0.1, 0.15) is 121 Å². The highest BCUT2D eigenvalue weighted by atomic mass is 16.7. The number of fused-ring (bicyclic) bond motifs is 5. The number of cyclic esters (lactones) is 1. The summed E-state index contributed by atoms with van der Waals surface area (Å²) < 4.78 is 52.4. The molecule has 16 nitrogen and oxygen atoms in total. The van der Waals surface area contributed by atoms with Crippen molar-refractivity contribution >= 4 is 41.8 Å². The molecule has 2 heterocycles. The van der Waals surface area contributed by atoms with Crippen LogP contribution in [0.2, 0.25) is 0 Å². The van der Waals surface area contributed by atoms with Crippen molar-refractivity contribution in [2.45, 2.75) is 170 Å². The van der Waals surface area contributed by atoms with E-state index in [4.69, 9.17) is 42.6 Å². The van der Waals surface area contributed by atoms with Gasteiger partial charge in [-0.25, -0.2) is 4.79 Å². The largest absolute Gasteiger partial charge is 0.463 e. The summed E-state index contributed by atoms with van der Waals surface area (Å²) in [5.41, 5.74) is 1.89. The Morgan fingerprint density at radius 2 is 1.40 bits per heavy atom. The zero-order chi connectivity index (χ0) is 45.4. The molecule has 2 aliphatic heterocycles. The molecule has 0 spiro atoms. The Bertz CT molecular complexity index is 1850. The highest BCUT2D eigenvalue weighted by Gasteiger charge is 2.63. The van der Waals surface area contributed by atoms with E-state index in [-0.39, 0.29) is 43.0 Å². The lowest BCUT2D eigenvalue weighted by molar-refractivity contribution is -0.320. The zero-order valence-corrected chi connectivity index (χ0v) is 37.7. The third kappa shape index (κ3) is 9.60. The van der Waals surface area contributed by atoms with E-state index in [0.717, 1.165) is 57.1 Å². The second-order valence-corrected chi connectivity index (χ2v) is 18.8. The van der Waals surface area contributed by atoms with Gasteiger partial charge >= 0.3 is 41.8 Å². The fourth-order valence-electron chi connectivity index (χ4n) is 12.3. The highest BCUT2D eigenvalue weighted by molar-refractivity contribution is 5.91. The number of hydrogen-bond acceptors (Lipinski definition) is 16. The topological polar surface area (TPSA) is 203 Å². The van der Waals surface area contributed by atoms with Gasteiger partial charge in [0.15, 0.2) is 24.6 Å². The van der Waals surface area contributed by atoms with Crippen LogP contribution >= 0.6 is 0 Å². The number of ether oxygens (including phenoxy) is 9. The van der Waals surface area contributed by atoms with Gasteiger partial charge in [0.1, 0.15) is 31.5 Å². The highest BCUT2D eigenvalue weighted by Crippen LogP contribution is 2.68. The Morgan fingerprint density at radius 1 is 0.774 bits per heavy atom. The molecule has 15 atom stereocenters. The van der Waals surface area contributed by atoms with Gasteiger partial charge in [-0.3, -0.25) is 28.8 Å². The second kappa shape index (κ2) is 18.8. The van der Waals surface area contributed by atoms with Crippen LogP contribution in [0.15, 0.2) is 22.8 Å². The third-order valence-electron chi connectivity index (χ3n) is 15.0. The predicted molar refractivity (Wildman–Crippen MR) is 216 cm³/mol. The van der Waals surface area contributed by atoms with E-state index in [2.05, 4.69) is 26.8 Å². The number of carbonyl (C=O) groups excluding carboxylic acids is 7. The van der Waals surface area contributed by atoms with Crippen molar-refractivity contribution in [2.24, 2.45) is 40.4 Å². The smallest absolute Gasteiger partial charge is 0.337 e. The molecule has 4 aliphatic carbocycles. The third-order valence-corrected chi connectivity index (χ3v) is 15.0. The molecule has 6 aliphatic rings. The minimum Gasteiger partial charge on any atom is -0.463 e. The van der Waals surface area contributed by atoms with Gasteiger partial charge in [-0.1, -0.05) is 38.0 Å². The first-order chi connectivity index (χ1) is 29.1. The zero-order valence-electron chi connectivity index (χ0n) is 37.7. The molecule has 4 fully saturated rings. The van der Waals surface area contributed by atoms with Crippen LogP contribution < -0.4 is 0 Å². The van der Waals surface area contributed by atoms with Crippen molar-refractivity contribution in [1.82, 2.24) is 0 Å². The second-order valence-electron chi connectivity index (χ2n) is 18.8. The van der Waals surface area contributed by atoms with Crippen LogP contribution in [0.3, 0.4) is 0 Å². The minimum atomic E-state index is -1.38. The van der Waals surface area contributed by atoms with Crippen molar-refractivity contribution in [1.29, 1.82) is 0 Å². The lowest BCUT2D eigenvalue weighted by atomic mass is 9.46. The normalized spacial score (nSPS) is 38.1. The van der Waals surface area contributed by atoms with Gasteiger partial charge in [-0.2, -0.15) is 0 Å². The van der Waals surface area contributed by atoms with Crippen LogP contribution in [0.5, 0.6) is 0 Å². The number of allylic oxidation sites excluding steroid dienone is 1. The first-order valence-electron chi connectivity index (χ1n) is 22.0. The molecule has 0 bridgehead atoms. The van der Waals surface area contributed by atoms with Crippen LogP contribution in [0, 0.1) is 40.4 Å². The molecule has 62 heavy (non-hydrogen) atoms. The van der Waals surface area contributed by atoms with E-state index in [9.17, 15) is 33.6 Å². The average Bonchev–Trinajstić information content (AvgIpc) is 3.52. The van der Waals surface area contributed by atoms with Gasteiger partial charge < -0.3 is 42.6 Å². The average molecular weight is 873 g/mol. The summed E-state index contributed by atoms with van der Waals surface area (Å²) in [6, 6.07) is 0. The molecular weight excluding hydrogens is 808 g/mol. The van der Waals surface area contributed by atoms with Gasteiger partial charge in [-0.05, 0) is 80.5 Å². The standard InChI is InChI=1S/C46H64O16/c1-22-17-37(61-43(53)33(22)20-54-24(3)47)23(2)34-13-14-35-32-12-11-30-18-31(19-39(56-26(5)49)46(30,10)36(32)15-16-45(34,35)9)60-44-42(59-29(8)52)41(58-28(7)51)40(57-27(6)50)38(62-44)21-55-25(4)48/h11,23,31-32,34-42,44H,12-21H2,1-10H3/t23-,31+,32-,34+,35-,36-,37+,38+,39-,40+,41-,42+,44+,45+,46-/m0/s1.